The molecule has 0 radical (unpaired) electrons. The van der Waals surface area contributed by atoms with Crippen LogP contribution in [0.15, 0.2) is 42.5 Å². The highest BCUT2D eigenvalue weighted by molar-refractivity contribution is 6.35. The molecule has 1 N–H and O–H groups in total. The van der Waals surface area contributed by atoms with Gasteiger partial charge in [-0.15, -0.1) is 0 Å². The van der Waals surface area contributed by atoms with E-state index in [-0.39, 0.29) is 25.0 Å². The Hall–Kier alpha value is -2.44. The molecule has 2 amide bonds. The standard InChI is InChI=1S/C20H22Cl2N2O4/c1-13(20(26)23-2)24(11-14-4-5-15(21)10-18(14)22)19(25)12-28-17-8-6-16(27-3)7-9-17/h4-10,13H,11-12H2,1-3H3,(H,23,26)/t13-/m1/s1. The fourth-order valence-electron chi connectivity index (χ4n) is 2.52. The zero-order valence-corrected chi connectivity index (χ0v) is 17.4. The summed E-state index contributed by atoms with van der Waals surface area (Å²) < 4.78 is 10.7. The topological polar surface area (TPSA) is 67.9 Å². The predicted octanol–water partition coefficient (Wildman–Crippen LogP) is 3.54. The summed E-state index contributed by atoms with van der Waals surface area (Å²) in [6.07, 6.45) is 0. The summed E-state index contributed by atoms with van der Waals surface area (Å²) in [7, 11) is 3.09. The fourth-order valence-corrected chi connectivity index (χ4v) is 2.99. The van der Waals surface area contributed by atoms with Crippen LogP contribution in [-0.2, 0) is 16.1 Å². The number of nitrogens with zero attached hydrogens (tertiary/aromatic N) is 1. The first-order valence-corrected chi connectivity index (χ1v) is 9.33. The normalized spacial score (nSPS) is 11.5. The van der Waals surface area contributed by atoms with E-state index in [1.54, 1.807) is 56.5 Å². The summed E-state index contributed by atoms with van der Waals surface area (Å²) in [5.41, 5.74) is 0.680. The summed E-state index contributed by atoms with van der Waals surface area (Å²) in [5, 5.41) is 3.47. The molecule has 2 rings (SSSR count). The van der Waals surface area contributed by atoms with E-state index in [2.05, 4.69) is 5.32 Å². The third-order valence-electron chi connectivity index (χ3n) is 4.19. The van der Waals surface area contributed by atoms with Crippen molar-refractivity contribution in [2.24, 2.45) is 0 Å². The number of likely N-dealkylation sites (N-methyl/N-ethyl adjacent to an activating group) is 1. The van der Waals surface area contributed by atoms with Gasteiger partial charge in [-0.25, -0.2) is 0 Å². The molecule has 0 aromatic heterocycles. The second-order valence-corrected chi connectivity index (χ2v) is 6.86. The van der Waals surface area contributed by atoms with Gasteiger partial charge in [-0.05, 0) is 48.9 Å². The number of amides is 2. The monoisotopic (exact) mass is 424 g/mol. The molecular weight excluding hydrogens is 403 g/mol. The number of benzene rings is 2. The third kappa shape index (κ3) is 5.78. The van der Waals surface area contributed by atoms with Crippen molar-refractivity contribution in [1.29, 1.82) is 0 Å². The zero-order valence-electron chi connectivity index (χ0n) is 15.9. The van der Waals surface area contributed by atoms with Crippen LogP contribution in [0.3, 0.4) is 0 Å². The van der Waals surface area contributed by atoms with Gasteiger partial charge in [-0.3, -0.25) is 9.59 Å². The molecule has 0 unspecified atom stereocenters. The molecular formula is C20H22Cl2N2O4. The lowest BCUT2D eigenvalue weighted by Crippen LogP contribution is -2.48. The number of carbonyl (C=O) groups is 2. The third-order valence-corrected chi connectivity index (χ3v) is 4.78. The summed E-state index contributed by atoms with van der Waals surface area (Å²) in [6.45, 7) is 1.57. The van der Waals surface area contributed by atoms with Crippen LogP contribution in [0, 0.1) is 0 Å². The lowest BCUT2D eigenvalue weighted by atomic mass is 10.1. The van der Waals surface area contributed by atoms with Crippen molar-refractivity contribution < 1.29 is 19.1 Å². The second kappa shape index (κ2) is 10.2. The highest BCUT2D eigenvalue weighted by Gasteiger charge is 2.26. The van der Waals surface area contributed by atoms with Gasteiger partial charge >= 0.3 is 0 Å². The summed E-state index contributed by atoms with van der Waals surface area (Å²) in [6, 6.07) is 11.2. The van der Waals surface area contributed by atoms with Crippen LogP contribution >= 0.6 is 23.2 Å². The van der Waals surface area contributed by atoms with Gasteiger partial charge in [-0.2, -0.15) is 0 Å². The quantitative estimate of drug-likeness (QED) is 0.703. The molecule has 6 nitrogen and oxygen atoms in total. The van der Waals surface area contributed by atoms with E-state index in [0.717, 1.165) is 0 Å². The van der Waals surface area contributed by atoms with Crippen molar-refractivity contribution in [1.82, 2.24) is 10.2 Å². The first-order chi connectivity index (χ1) is 13.3. The van der Waals surface area contributed by atoms with E-state index >= 15 is 0 Å². The maximum atomic E-state index is 12.8. The lowest BCUT2D eigenvalue weighted by molar-refractivity contribution is -0.142. The number of halogens is 2. The van der Waals surface area contributed by atoms with E-state index < -0.39 is 6.04 Å². The number of carbonyl (C=O) groups excluding carboxylic acids is 2. The van der Waals surface area contributed by atoms with Crippen molar-refractivity contribution in [2.45, 2.75) is 19.5 Å². The molecule has 0 aliphatic rings. The van der Waals surface area contributed by atoms with Crippen molar-refractivity contribution in [3.63, 3.8) is 0 Å². The Balaban J connectivity index is 2.14. The fraction of sp³-hybridized carbons (Fsp3) is 0.300. The van der Waals surface area contributed by atoms with Gasteiger partial charge < -0.3 is 19.7 Å². The minimum atomic E-state index is -0.705. The number of hydrogen-bond donors (Lipinski definition) is 1. The smallest absolute Gasteiger partial charge is 0.261 e. The summed E-state index contributed by atoms with van der Waals surface area (Å²) in [4.78, 5) is 26.3. The second-order valence-electron chi connectivity index (χ2n) is 6.01. The largest absolute Gasteiger partial charge is 0.497 e. The highest BCUT2D eigenvalue weighted by Crippen LogP contribution is 2.23. The Morgan fingerprint density at radius 2 is 1.75 bits per heavy atom. The van der Waals surface area contributed by atoms with Crippen LogP contribution < -0.4 is 14.8 Å². The van der Waals surface area contributed by atoms with Crippen LogP contribution in [0.25, 0.3) is 0 Å². The number of nitrogens with one attached hydrogen (secondary N) is 1. The predicted molar refractivity (Wildman–Crippen MR) is 109 cm³/mol. The summed E-state index contributed by atoms with van der Waals surface area (Å²) >= 11 is 12.2. The van der Waals surface area contributed by atoms with E-state index in [1.165, 1.54) is 11.9 Å². The lowest BCUT2D eigenvalue weighted by Gasteiger charge is -2.28. The minimum Gasteiger partial charge on any atom is -0.497 e. The van der Waals surface area contributed by atoms with Crippen molar-refractivity contribution in [2.75, 3.05) is 20.8 Å². The van der Waals surface area contributed by atoms with Gasteiger partial charge in [0.1, 0.15) is 17.5 Å². The minimum absolute atomic E-state index is 0.148. The van der Waals surface area contributed by atoms with Crippen LogP contribution in [0.1, 0.15) is 12.5 Å². The average molecular weight is 425 g/mol. The van der Waals surface area contributed by atoms with Crippen molar-refractivity contribution in [3.05, 3.63) is 58.1 Å². The maximum absolute atomic E-state index is 12.8. The Labute approximate surface area is 174 Å². The SMILES string of the molecule is CNC(=O)[C@@H](C)N(Cc1ccc(Cl)cc1Cl)C(=O)COc1ccc(OC)cc1. The number of methoxy groups -OCH3 is 1. The molecule has 8 heteroatoms. The van der Waals surface area contributed by atoms with Gasteiger partial charge in [0.05, 0.1) is 7.11 Å². The molecule has 2 aromatic carbocycles. The summed E-state index contributed by atoms with van der Waals surface area (Å²) in [5.74, 6) is 0.568. The van der Waals surface area contributed by atoms with Crippen LogP contribution in [0.4, 0.5) is 0 Å². The molecule has 0 spiro atoms. The molecule has 28 heavy (non-hydrogen) atoms. The molecule has 0 aliphatic carbocycles. The van der Waals surface area contributed by atoms with E-state index in [4.69, 9.17) is 32.7 Å². The zero-order chi connectivity index (χ0) is 20.7. The van der Waals surface area contributed by atoms with Crippen molar-refractivity contribution >= 4 is 35.0 Å². The Bertz CT molecular complexity index is 827. The van der Waals surface area contributed by atoms with E-state index in [0.29, 0.717) is 27.1 Å². The van der Waals surface area contributed by atoms with Gasteiger partial charge in [0.2, 0.25) is 5.91 Å². The molecule has 0 saturated heterocycles. The van der Waals surface area contributed by atoms with Crippen LogP contribution in [0.2, 0.25) is 10.0 Å². The number of hydrogen-bond acceptors (Lipinski definition) is 4. The molecule has 0 bridgehead atoms. The Morgan fingerprint density at radius 3 is 2.32 bits per heavy atom. The number of rotatable bonds is 8. The van der Waals surface area contributed by atoms with E-state index in [9.17, 15) is 9.59 Å². The molecule has 0 saturated carbocycles. The average Bonchev–Trinajstić information content (AvgIpc) is 2.70. The molecule has 2 aromatic rings. The highest BCUT2D eigenvalue weighted by atomic mass is 35.5. The van der Waals surface area contributed by atoms with Gasteiger partial charge in [0.25, 0.3) is 5.91 Å². The van der Waals surface area contributed by atoms with Crippen molar-refractivity contribution in [3.8, 4) is 11.5 Å². The first-order valence-electron chi connectivity index (χ1n) is 8.57. The van der Waals surface area contributed by atoms with Gasteiger partial charge in [-0.1, -0.05) is 29.3 Å². The molecule has 0 heterocycles. The molecule has 0 aliphatic heterocycles. The molecule has 150 valence electrons. The Morgan fingerprint density at radius 1 is 1.11 bits per heavy atom. The number of ether oxygens (including phenoxy) is 2. The van der Waals surface area contributed by atoms with Gasteiger partial charge in [0, 0.05) is 23.6 Å². The van der Waals surface area contributed by atoms with Gasteiger partial charge in [0.15, 0.2) is 6.61 Å². The molecule has 1 atom stereocenters. The maximum Gasteiger partial charge on any atom is 0.261 e. The first kappa shape index (κ1) is 21.9. The van der Waals surface area contributed by atoms with Crippen LogP contribution in [0.5, 0.6) is 11.5 Å². The van der Waals surface area contributed by atoms with Crippen LogP contribution in [-0.4, -0.2) is 43.5 Å². The Kier molecular flexibility index (Phi) is 7.96. The van der Waals surface area contributed by atoms with E-state index in [1.807, 2.05) is 0 Å². The molecule has 0 fully saturated rings.